The number of aromatic nitrogens is 5. The van der Waals surface area contributed by atoms with Crippen molar-refractivity contribution < 1.29 is 9.47 Å². The van der Waals surface area contributed by atoms with Crippen LogP contribution in [0.4, 0.5) is 11.9 Å². The third-order valence-corrected chi connectivity index (χ3v) is 5.89. The van der Waals surface area contributed by atoms with Gasteiger partial charge in [0, 0.05) is 26.2 Å². The summed E-state index contributed by atoms with van der Waals surface area (Å²) in [7, 11) is 0. The molecule has 3 aromatic rings. The molecule has 2 atom stereocenters. The molecule has 0 N–H and O–H groups in total. The van der Waals surface area contributed by atoms with Gasteiger partial charge in [0.1, 0.15) is 6.33 Å². The summed E-state index contributed by atoms with van der Waals surface area (Å²) in [6.07, 6.45) is 4.56. The standard InChI is InChI=1S/C20H23N7O2/c1-2-4-17-16(3-1)21-13-27(17)20-23-18(25-7-9-28-10-8-25)22-19(24-20)26-11-14-5-6-15(12-26)29-14/h1-4,13-15H,5-12H2. The lowest BCUT2D eigenvalue weighted by Crippen LogP contribution is -2.44. The fourth-order valence-corrected chi connectivity index (χ4v) is 4.39. The molecule has 0 amide bonds. The number of nitrogens with zero attached hydrogens (tertiary/aromatic N) is 7. The number of rotatable bonds is 3. The lowest BCUT2D eigenvalue weighted by Gasteiger charge is -2.33. The quantitative estimate of drug-likeness (QED) is 0.661. The van der Waals surface area contributed by atoms with Crippen LogP contribution in [0.15, 0.2) is 30.6 Å². The summed E-state index contributed by atoms with van der Waals surface area (Å²) in [5.74, 6) is 2.02. The molecule has 9 heteroatoms. The average molecular weight is 393 g/mol. The van der Waals surface area contributed by atoms with E-state index >= 15 is 0 Å². The monoisotopic (exact) mass is 393 g/mol. The van der Waals surface area contributed by atoms with E-state index in [1.165, 1.54) is 0 Å². The van der Waals surface area contributed by atoms with E-state index in [0.717, 1.165) is 56.0 Å². The van der Waals surface area contributed by atoms with Crippen molar-refractivity contribution in [2.75, 3.05) is 49.2 Å². The summed E-state index contributed by atoms with van der Waals surface area (Å²) in [5.41, 5.74) is 1.91. The second-order valence-electron chi connectivity index (χ2n) is 7.80. The van der Waals surface area contributed by atoms with Gasteiger partial charge >= 0.3 is 0 Å². The highest BCUT2D eigenvalue weighted by Gasteiger charge is 2.35. The molecule has 5 heterocycles. The van der Waals surface area contributed by atoms with Crippen molar-refractivity contribution in [3.63, 3.8) is 0 Å². The number of anilines is 2. The number of hydrogen-bond acceptors (Lipinski definition) is 8. The van der Waals surface area contributed by atoms with E-state index in [-0.39, 0.29) is 12.2 Å². The average Bonchev–Trinajstić information content (AvgIpc) is 3.36. The molecule has 0 saturated carbocycles. The molecular weight excluding hydrogens is 370 g/mol. The highest BCUT2D eigenvalue weighted by Crippen LogP contribution is 2.29. The summed E-state index contributed by atoms with van der Waals surface area (Å²) < 4.78 is 13.5. The molecule has 1 aromatic carbocycles. The molecule has 29 heavy (non-hydrogen) atoms. The van der Waals surface area contributed by atoms with E-state index in [2.05, 4.69) is 14.8 Å². The van der Waals surface area contributed by atoms with Crippen LogP contribution in [-0.4, -0.2) is 76.1 Å². The maximum absolute atomic E-state index is 6.00. The van der Waals surface area contributed by atoms with Gasteiger partial charge in [-0.1, -0.05) is 12.1 Å². The molecular formula is C20H23N7O2. The zero-order valence-corrected chi connectivity index (χ0v) is 16.1. The van der Waals surface area contributed by atoms with Crippen LogP contribution in [-0.2, 0) is 9.47 Å². The smallest absolute Gasteiger partial charge is 0.242 e. The van der Waals surface area contributed by atoms with Crippen molar-refractivity contribution in [2.24, 2.45) is 0 Å². The van der Waals surface area contributed by atoms with Crippen LogP contribution >= 0.6 is 0 Å². The van der Waals surface area contributed by atoms with E-state index in [1.54, 1.807) is 6.33 Å². The summed E-state index contributed by atoms with van der Waals surface area (Å²) >= 11 is 0. The van der Waals surface area contributed by atoms with Gasteiger partial charge in [-0.2, -0.15) is 15.0 Å². The maximum Gasteiger partial charge on any atom is 0.242 e. The minimum absolute atomic E-state index is 0.273. The maximum atomic E-state index is 6.00. The second kappa shape index (κ2) is 6.93. The Hall–Kier alpha value is -2.78. The first kappa shape index (κ1) is 17.1. The van der Waals surface area contributed by atoms with E-state index in [0.29, 0.717) is 25.1 Å². The summed E-state index contributed by atoms with van der Waals surface area (Å²) in [6, 6.07) is 8.03. The lowest BCUT2D eigenvalue weighted by atomic mass is 10.2. The van der Waals surface area contributed by atoms with Crippen molar-refractivity contribution in [1.29, 1.82) is 0 Å². The van der Waals surface area contributed by atoms with Crippen molar-refractivity contribution in [1.82, 2.24) is 24.5 Å². The lowest BCUT2D eigenvalue weighted by molar-refractivity contribution is 0.0299. The number of para-hydroxylation sites is 2. The second-order valence-corrected chi connectivity index (χ2v) is 7.80. The molecule has 0 spiro atoms. The van der Waals surface area contributed by atoms with Crippen molar-refractivity contribution in [2.45, 2.75) is 25.0 Å². The molecule has 6 rings (SSSR count). The Labute approximate surface area is 168 Å². The first-order valence-corrected chi connectivity index (χ1v) is 10.3. The molecule has 3 aliphatic rings. The predicted molar refractivity (Wildman–Crippen MR) is 108 cm³/mol. The number of morpholine rings is 2. The van der Waals surface area contributed by atoms with E-state index in [4.69, 9.17) is 24.4 Å². The van der Waals surface area contributed by atoms with Gasteiger partial charge in [0.2, 0.25) is 17.8 Å². The van der Waals surface area contributed by atoms with Gasteiger partial charge in [-0.15, -0.1) is 0 Å². The van der Waals surface area contributed by atoms with E-state index in [9.17, 15) is 0 Å². The predicted octanol–water partition coefficient (Wildman–Crippen LogP) is 1.41. The Morgan fingerprint density at radius 1 is 0.828 bits per heavy atom. The normalized spacial score (nSPS) is 24.4. The fraction of sp³-hybridized carbons (Fsp3) is 0.500. The van der Waals surface area contributed by atoms with E-state index in [1.807, 2.05) is 28.8 Å². The number of imidazole rings is 1. The van der Waals surface area contributed by atoms with Crippen LogP contribution in [0.25, 0.3) is 17.0 Å². The first-order valence-electron chi connectivity index (χ1n) is 10.3. The topological polar surface area (TPSA) is 81.4 Å². The van der Waals surface area contributed by atoms with Crippen LogP contribution in [0.3, 0.4) is 0 Å². The highest BCUT2D eigenvalue weighted by atomic mass is 16.5. The van der Waals surface area contributed by atoms with Crippen molar-refractivity contribution >= 4 is 22.9 Å². The van der Waals surface area contributed by atoms with Crippen molar-refractivity contribution in [3.05, 3.63) is 30.6 Å². The van der Waals surface area contributed by atoms with Crippen LogP contribution in [0.1, 0.15) is 12.8 Å². The summed E-state index contributed by atoms with van der Waals surface area (Å²) in [6.45, 7) is 4.59. The van der Waals surface area contributed by atoms with Crippen LogP contribution in [0, 0.1) is 0 Å². The minimum Gasteiger partial charge on any atom is -0.378 e. The summed E-state index contributed by atoms with van der Waals surface area (Å²) in [5, 5.41) is 0. The molecule has 3 saturated heterocycles. The van der Waals surface area contributed by atoms with Crippen LogP contribution < -0.4 is 9.80 Å². The number of ether oxygens (including phenoxy) is 2. The van der Waals surface area contributed by atoms with Crippen LogP contribution in [0.2, 0.25) is 0 Å². The minimum atomic E-state index is 0.273. The molecule has 0 aliphatic carbocycles. The number of benzene rings is 1. The fourth-order valence-electron chi connectivity index (χ4n) is 4.39. The van der Waals surface area contributed by atoms with Gasteiger partial charge in [0.05, 0.1) is 36.5 Å². The third kappa shape index (κ3) is 3.10. The molecule has 2 bridgehead atoms. The molecule has 2 unspecified atom stereocenters. The third-order valence-electron chi connectivity index (χ3n) is 5.89. The van der Waals surface area contributed by atoms with Gasteiger partial charge < -0.3 is 19.3 Å². The molecule has 3 aliphatic heterocycles. The zero-order valence-electron chi connectivity index (χ0n) is 16.1. The molecule has 9 nitrogen and oxygen atoms in total. The number of hydrogen-bond donors (Lipinski definition) is 0. The Morgan fingerprint density at radius 3 is 2.31 bits per heavy atom. The van der Waals surface area contributed by atoms with Gasteiger partial charge in [0.15, 0.2) is 0 Å². The molecule has 150 valence electrons. The SMILES string of the molecule is c1ccc2c(c1)ncn2-c1nc(N2CCOCC2)nc(N2CC3CCC(C2)O3)n1. The Kier molecular flexibility index (Phi) is 4.09. The number of fused-ring (bicyclic) bond motifs is 3. The summed E-state index contributed by atoms with van der Waals surface area (Å²) in [4.78, 5) is 23.4. The zero-order chi connectivity index (χ0) is 19.2. The van der Waals surface area contributed by atoms with Crippen LogP contribution in [0.5, 0.6) is 0 Å². The van der Waals surface area contributed by atoms with E-state index < -0.39 is 0 Å². The molecule has 0 radical (unpaired) electrons. The van der Waals surface area contributed by atoms with Gasteiger partial charge in [-0.3, -0.25) is 4.57 Å². The molecule has 2 aromatic heterocycles. The van der Waals surface area contributed by atoms with Crippen molar-refractivity contribution in [3.8, 4) is 5.95 Å². The Morgan fingerprint density at radius 2 is 1.52 bits per heavy atom. The van der Waals surface area contributed by atoms with Gasteiger partial charge in [-0.25, -0.2) is 4.98 Å². The van der Waals surface area contributed by atoms with Gasteiger partial charge in [-0.05, 0) is 25.0 Å². The largest absolute Gasteiger partial charge is 0.378 e. The Bertz CT molecular complexity index is 1020. The molecule has 3 fully saturated rings. The highest BCUT2D eigenvalue weighted by molar-refractivity contribution is 5.76. The Balaban J connectivity index is 1.44. The van der Waals surface area contributed by atoms with Gasteiger partial charge in [0.25, 0.3) is 0 Å². The first-order chi connectivity index (χ1) is 14.3.